The molecule has 1 aliphatic heterocycles. The van der Waals surface area contributed by atoms with Crippen molar-refractivity contribution < 1.29 is 13.9 Å². The fraction of sp³-hybridized carbons (Fsp3) is 0.0625. The summed E-state index contributed by atoms with van der Waals surface area (Å²) in [4.78, 5) is 4.26. The van der Waals surface area contributed by atoms with Gasteiger partial charge in [0, 0.05) is 33.1 Å². The van der Waals surface area contributed by atoms with Gasteiger partial charge in [-0.15, -0.1) is 11.3 Å². The molecular weight excluding hydrogens is 289 g/mol. The number of halogens is 1. The smallest absolute Gasteiger partial charge is 0.231 e. The Hall–Kier alpha value is -2.40. The third kappa shape index (κ3) is 1.44. The summed E-state index contributed by atoms with van der Waals surface area (Å²) in [5.41, 5.74) is 0.405. The SMILES string of the molecule is Fc1cccc2c1ncc1sc3cc4c(cc3c12)OCO4. The highest BCUT2D eigenvalue weighted by Gasteiger charge is 2.18. The number of rotatable bonds is 0. The number of pyridine rings is 1. The summed E-state index contributed by atoms with van der Waals surface area (Å²) in [5, 5.41) is 2.91. The van der Waals surface area contributed by atoms with Crippen molar-refractivity contribution in [1.82, 2.24) is 4.98 Å². The van der Waals surface area contributed by atoms with Gasteiger partial charge in [-0.2, -0.15) is 0 Å². The molecule has 102 valence electrons. The van der Waals surface area contributed by atoms with Crippen molar-refractivity contribution in [3.05, 3.63) is 42.3 Å². The topological polar surface area (TPSA) is 31.4 Å². The van der Waals surface area contributed by atoms with Crippen molar-refractivity contribution >= 4 is 42.4 Å². The number of para-hydroxylation sites is 1. The predicted octanol–water partition coefficient (Wildman–Crippen LogP) is 4.47. The van der Waals surface area contributed by atoms with Gasteiger partial charge in [-0.1, -0.05) is 12.1 Å². The molecule has 21 heavy (non-hydrogen) atoms. The Morgan fingerprint density at radius 3 is 2.81 bits per heavy atom. The van der Waals surface area contributed by atoms with E-state index in [0.717, 1.165) is 37.1 Å². The average molecular weight is 297 g/mol. The lowest BCUT2D eigenvalue weighted by Crippen LogP contribution is -1.92. The lowest BCUT2D eigenvalue weighted by atomic mass is 10.1. The van der Waals surface area contributed by atoms with E-state index >= 15 is 0 Å². The Morgan fingerprint density at radius 1 is 1.05 bits per heavy atom. The second-order valence-electron chi connectivity index (χ2n) is 4.94. The van der Waals surface area contributed by atoms with Crippen LogP contribution >= 0.6 is 11.3 Å². The van der Waals surface area contributed by atoms with Gasteiger partial charge in [0.1, 0.15) is 11.3 Å². The zero-order valence-corrected chi connectivity index (χ0v) is 11.5. The van der Waals surface area contributed by atoms with E-state index in [9.17, 15) is 4.39 Å². The Morgan fingerprint density at radius 2 is 1.90 bits per heavy atom. The standard InChI is InChI=1S/C16H8FNO2S/c17-10-3-1-2-8-15-9-4-11-12(20-7-19-11)5-13(9)21-14(15)6-18-16(8)10/h1-6H,7H2. The third-order valence-electron chi connectivity index (χ3n) is 3.78. The Bertz CT molecular complexity index is 1040. The minimum Gasteiger partial charge on any atom is -0.454 e. The zero-order chi connectivity index (χ0) is 14.0. The fourth-order valence-electron chi connectivity index (χ4n) is 2.85. The maximum atomic E-state index is 13.9. The summed E-state index contributed by atoms with van der Waals surface area (Å²) in [6.45, 7) is 0.251. The van der Waals surface area contributed by atoms with E-state index in [1.165, 1.54) is 6.07 Å². The van der Waals surface area contributed by atoms with Crippen LogP contribution in [0.3, 0.4) is 0 Å². The van der Waals surface area contributed by atoms with E-state index in [2.05, 4.69) is 4.98 Å². The van der Waals surface area contributed by atoms with E-state index in [1.807, 2.05) is 18.2 Å². The molecule has 2 aromatic carbocycles. The largest absolute Gasteiger partial charge is 0.454 e. The molecule has 0 aliphatic carbocycles. The van der Waals surface area contributed by atoms with Crippen LogP contribution in [0.15, 0.2) is 36.5 Å². The van der Waals surface area contributed by atoms with Gasteiger partial charge in [0.25, 0.3) is 0 Å². The molecule has 0 fully saturated rings. The molecule has 3 nitrogen and oxygen atoms in total. The molecule has 0 atom stereocenters. The zero-order valence-electron chi connectivity index (χ0n) is 10.7. The molecule has 0 unspecified atom stereocenters. The fourth-order valence-corrected chi connectivity index (χ4v) is 3.95. The number of aromatic nitrogens is 1. The number of hydrogen-bond acceptors (Lipinski definition) is 4. The molecule has 0 bridgehead atoms. The van der Waals surface area contributed by atoms with Gasteiger partial charge < -0.3 is 9.47 Å². The molecule has 5 rings (SSSR count). The number of thiophene rings is 1. The molecule has 3 heterocycles. The normalized spacial score (nSPS) is 13.6. The number of benzene rings is 2. The van der Waals surface area contributed by atoms with Gasteiger partial charge in [-0.05, 0) is 12.1 Å². The minimum atomic E-state index is -0.297. The first kappa shape index (κ1) is 11.3. The quantitative estimate of drug-likeness (QED) is 0.480. The van der Waals surface area contributed by atoms with Gasteiger partial charge in [-0.25, -0.2) is 4.39 Å². The average Bonchev–Trinajstić information content (AvgIpc) is 3.07. The van der Waals surface area contributed by atoms with E-state index in [4.69, 9.17) is 9.47 Å². The molecule has 0 saturated heterocycles. The monoisotopic (exact) mass is 297 g/mol. The van der Waals surface area contributed by atoms with Crippen LogP contribution in [0.2, 0.25) is 0 Å². The lowest BCUT2D eigenvalue weighted by Gasteiger charge is -2.01. The van der Waals surface area contributed by atoms with Gasteiger partial charge in [0.15, 0.2) is 11.5 Å². The van der Waals surface area contributed by atoms with E-state index < -0.39 is 0 Å². The highest BCUT2D eigenvalue weighted by atomic mass is 32.1. The number of ether oxygens (including phenoxy) is 2. The first-order valence-electron chi connectivity index (χ1n) is 6.50. The summed E-state index contributed by atoms with van der Waals surface area (Å²) in [6.07, 6.45) is 1.73. The first-order valence-corrected chi connectivity index (χ1v) is 7.32. The number of fused-ring (bicyclic) bond motifs is 6. The molecule has 5 heteroatoms. The van der Waals surface area contributed by atoms with Crippen molar-refractivity contribution in [2.24, 2.45) is 0 Å². The molecule has 0 amide bonds. The molecule has 0 radical (unpaired) electrons. The Labute approximate surface area is 122 Å². The second-order valence-corrected chi connectivity index (χ2v) is 6.02. The third-order valence-corrected chi connectivity index (χ3v) is 4.86. The molecule has 2 aromatic heterocycles. The van der Waals surface area contributed by atoms with E-state index in [1.54, 1.807) is 23.6 Å². The molecule has 0 N–H and O–H groups in total. The maximum absolute atomic E-state index is 13.9. The predicted molar refractivity (Wildman–Crippen MR) is 80.7 cm³/mol. The number of nitrogens with zero attached hydrogens (tertiary/aromatic N) is 1. The summed E-state index contributed by atoms with van der Waals surface area (Å²) in [7, 11) is 0. The van der Waals surface area contributed by atoms with Gasteiger partial charge in [0.2, 0.25) is 6.79 Å². The van der Waals surface area contributed by atoms with Crippen LogP contribution in [0.1, 0.15) is 0 Å². The Balaban J connectivity index is 2.02. The summed E-state index contributed by atoms with van der Waals surface area (Å²) in [6, 6.07) is 9.01. The van der Waals surface area contributed by atoms with Crippen LogP contribution in [0.5, 0.6) is 11.5 Å². The van der Waals surface area contributed by atoms with Crippen molar-refractivity contribution in [2.45, 2.75) is 0 Å². The van der Waals surface area contributed by atoms with Crippen LogP contribution in [-0.4, -0.2) is 11.8 Å². The highest BCUT2D eigenvalue weighted by Crippen LogP contribution is 2.44. The van der Waals surface area contributed by atoms with Crippen LogP contribution in [-0.2, 0) is 0 Å². The van der Waals surface area contributed by atoms with Gasteiger partial charge in [0.05, 0.1) is 4.70 Å². The van der Waals surface area contributed by atoms with E-state index in [0.29, 0.717) is 5.52 Å². The maximum Gasteiger partial charge on any atom is 0.231 e. The molecule has 0 saturated carbocycles. The highest BCUT2D eigenvalue weighted by molar-refractivity contribution is 7.26. The van der Waals surface area contributed by atoms with Crippen LogP contribution in [0.25, 0.3) is 31.1 Å². The first-order chi connectivity index (χ1) is 10.3. The summed E-state index contributed by atoms with van der Waals surface area (Å²) < 4.78 is 26.9. The van der Waals surface area contributed by atoms with E-state index in [-0.39, 0.29) is 12.6 Å². The van der Waals surface area contributed by atoms with Crippen molar-refractivity contribution in [3.63, 3.8) is 0 Å². The van der Waals surface area contributed by atoms with Crippen LogP contribution < -0.4 is 9.47 Å². The molecular formula is C16H8FNO2S. The molecule has 0 spiro atoms. The van der Waals surface area contributed by atoms with Crippen LogP contribution in [0.4, 0.5) is 4.39 Å². The van der Waals surface area contributed by atoms with Gasteiger partial charge >= 0.3 is 0 Å². The van der Waals surface area contributed by atoms with Crippen molar-refractivity contribution in [1.29, 1.82) is 0 Å². The van der Waals surface area contributed by atoms with Crippen molar-refractivity contribution in [2.75, 3.05) is 6.79 Å². The summed E-state index contributed by atoms with van der Waals surface area (Å²) in [5.74, 6) is 1.20. The van der Waals surface area contributed by atoms with Crippen molar-refractivity contribution in [3.8, 4) is 11.5 Å². The molecule has 1 aliphatic rings. The lowest BCUT2D eigenvalue weighted by molar-refractivity contribution is 0.174. The van der Waals surface area contributed by atoms with Crippen LogP contribution in [0, 0.1) is 5.82 Å². The summed E-state index contributed by atoms with van der Waals surface area (Å²) >= 11 is 1.63. The van der Waals surface area contributed by atoms with Gasteiger partial charge in [-0.3, -0.25) is 4.98 Å². The minimum absolute atomic E-state index is 0.251. The second kappa shape index (κ2) is 3.83. The molecule has 4 aromatic rings. The Kier molecular flexibility index (Phi) is 2.06. The number of hydrogen-bond donors (Lipinski definition) is 0.